The summed E-state index contributed by atoms with van der Waals surface area (Å²) in [6.45, 7) is 1.98. The van der Waals surface area contributed by atoms with Crippen LogP contribution in [0, 0.1) is 0 Å². The van der Waals surface area contributed by atoms with E-state index in [0.29, 0.717) is 5.82 Å². The number of fused-ring (bicyclic) bond motifs is 1. The lowest BCUT2D eigenvalue weighted by atomic mass is 10.1. The van der Waals surface area contributed by atoms with E-state index in [1.807, 2.05) is 30.3 Å². The molecule has 0 bridgehead atoms. The summed E-state index contributed by atoms with van der Waals surface area (Å²) in [7, 11) is 0. The maximum atomic E-state index is 11.5. The molecule has 0 saturated carbocycles. The quantitative estimate of drug-likeness (QED) is 0.679. The van der Waals surface area contributed by atoms with Gasteiger partial charge in [0.15, 0.2) is 0 Å². The number of rotatable bonds is 3. The Morgan fingerprint density at radius 3 is 3.10 bits per heavy atom. The first kappa shape index (κ1) is 12.3. The van der Waals surface area contributed by atoms with Crippen LogP contribution in [-0.4, -0.2) is 27.7 Å². The zero-order chi connectivity index (χ0) is 13.9. The number of pyridine rings is 1. The topological polar surface area (TPSA) is 78.1 Å². The van der Waals surface area contributed by atoms with Gasteiger partial charge in [-0.2, -0.15) is 4.98 Å². The van der Waals surface area contributed by atoms with E-state index >= 15 is 0 Å². The van der Waals surface area contributed by atoms with Crippen molar-refractivity contribution in [2.24, 2.45) is 0 Å². The Hall–Kier alpha value is -2.76. The zero-order valence-electron chi connectivity index (χ0n) is 10.7. The molecular weight excluding hydrogens is 258 g/mol. The van der Waals surface area contributed by atoms with Crippen molar-refractivity contribution in [2.45, 2.75) is 6.92 Å². The smallest absolute Gasteiger partial charge is 0.397 e. The molecule has 6 heteroatoms. The fraction of sp³-hybridized carbons (Fsp3) is 0.143. The van der Waals surface area contributed by atoms with Crippen LogP contribution in [-0.2, 0) is 4.74 Å². The van der Waals surface area contributed by atoms with Gasteiger partial charge in [0, 0.05) is 17.1 Å². The zero-order valence-corrected chi connectivity index (χ0v) is 10.7. The van der Waals surface area contributed by atoms with Crippen LogP contribution in [0.25, 0.3) is 22.3 Å². The Bertz CT molecular complexity index is 767. The summed E-state index contributed by atoms with van der Waals surface area (Å²) in [4.78, 5) is 19.7. The lowest BCUT2D eigenvalue weighted by Gasteiger charge is -1.98. The molecule has 2 aromatic heterocycles. The van der Waals surface area contributed by atoms with Crippen LogP contribution in [0.3, 0.4) is 0 Å². The summed E-state index contributed by atoms with van der Waals surface area (Å²) < 4.78 is 9.70. The van der Waals surface area contributed by atoms with Gasteiger partial charge < -0.3 is 9.26 Å². The molecule has 3 rings (SSSR count). The molecule has 0 aliphatic rings. The minimum Gasteiger partial charge on any atom is -0.459 e. The van der Waals surface area contributed by atoms with Crippen LogP contribution in [0.15, 0.2) is 41.1 Å². The van der Waals surface area contributed by atoms with E-state index in [9.17, 15) is 4.79 Å². The maximum absolute atomic E-state index is 11.5. The third-order valence-electron chi connectivity index (χ3n) is 2.74. The molecule has 0 radical (unpaired) electrons. The lowest BCUT2D eigenvalue weighted by Crippen LogP contribution is -2.04. The molecule has 0 aliphatic heterocycles. The van der Waals surface area contributed by atoms with Crippen LogP contribution in [0.1, 0.15) is 17.6 Å². The van der Waals surface area contributed by atoms with Crippen molar-refractivity contribution in [3.05, 3.63) is 42.4 Å². The van der Waals surface area contributed by atoms with E-state index in [0.717, 1.165) is 16.5 Å². The van der Waals surface area contributed by atoms with Gasteiger partial charge in [0.25, 0.3) is 0 Å². The largest absolute Gasteiger partial charge is 0.459 e. The van der Waals surface area contributed by atoms with Crippen LogP contribution in [0.4, 0.5) is 0 Å². The predicted molar refractivity (Wildman–Crippen MR) is 71.0 cm³/mol. The van der Waals surface area contributed by atoms with Crippen molar-refractivity contribution >= 4 is 16.9 Å². The molecule has 0 fully saturated rings. The van der Waals surface area contributed by atoms with Crippen molar-refractivity contribution in [1.29, 1.82) is 0 Å². The number of hydrogen-bond acceptors (Lipinski definition) is 6. The third-order valence-corrected chi connectivity index (χ3v) is 2.74. The molecule has 100 valence electrons. The molecule has 0 N–H and O–H groups in total. The number of benzene rings is 1. The van der Waals surface area contributed by atoms with Crippen molar-refractivity contribution in [3.8, 4) is 11.4 Å². The van der Waals surface area contributed by atoms with E-state index in [2.05, 4.69) is 15.1 Å². The van der Waals surface area contributed by atoms with Gasteiger partial charge >= 0.3 is 11.9 Å². The van der Waals surface area contributed by atoms with Crippen LogP contribution < -0.4 is 0 Å². The highest BCUT2D eigenvalue weighted by molar-refractivity contribution is 5.86. The Balaban J connectivity index is 1.96. The standard InChI is InChI=1S/C14H11N3O3/c1-2-19-14(18)13-16-12(17-20-13)10-5-6-11-9(8-10)4-3-7-15-11/h3-8H,2H2,1H3. The molecule has 0 aliphatic carbocycles. The van der Waals surface area contributed by atoms with Gasteiger partial charge in [0.05, 0.1) is 12.1 Å². The molecular formula is C14H11N3O3. The number of esters is 1. The second-order valence-electron chi connectivity index (χ2n) is 4.05. The Labute approximate surface area is 114 Å². The van der Waals surface area contributed by atoms with Gasteiger partial charge in [-0.15, -0.1) is 0 Å². The highest BCUT2D eigenvalue weighted by atomic mass is 16.6. The molecule has 6 nitrogen and oxygen atoms in total. The van der Waals surface area contributed by atoms with Crippen molar-refractivity contribution in [2.75, 3.05) is 6.61 Å². The Kier molecular flexibility index (Phi) is 3.12. The number of carbonyl (C=O) groups excluding carboxylic acids is 1. The van der Waals surface area contributed by atoms with E-state index in [4.69, 9.17) is 9.26 Å². The van der Waals surface area contributed by atoms with Gasteiger partial charge in [-0.1, -0.05) is 11.2 Å². The van der Waals surface area contributed by atoms with Crippen molar-refractivity contribution in [1.82, 2.24) is 15.1 Å². The first-order valence-corrected chi connectivity index (χ1v) is 6.14. The van der Waals surface area contributed by atoms with E-state index in [1.165, 1.54) is 0 Å². The number of aromatic nitrogens is 3. The van der Waals surface area contributed by atoms with Gasteiger partial charge in [-0.25, -0.2) is 4.79 Å². The average Bonchev–Trinajstić information content (AvgIpc) is 2.97. The first-order valence-electron chi connectivity index (χ1n) is 6.14. The fourth-order valence-corrected chi connectivity index (χ4v) is 1.83. The minimum atomic E-state index is -0.617. The lowest BCUT2D eigenvalue weighted by molar-refractivity contribution is 0.0470. The van der Waals surface area contributed by atoms with E-state index < -0.39 is 5.97 Å². The monoisotopic (exact) mass is 269 g/mol. The molecule has 2 heterocycles. The summed E-state index contributed by atoms with van der Waals surface area (Å²) in [5, 5.41) is 4.75. The van der Waals surface area contributed by atoms with Crippen molar-refractivity contribution < 1.29 is 14.1 Å². The summed E-state index contributed by atoms with van der Waals surface area (Å²) in [5.74, 6) is -0.416. The molecule has 3 aromatic rings. The number of carbonyl (C=O) groups is 1. The summed E-state index contributed by atoms with van der Waals surface area (Å²) in [6, 6.07) is 9.38. The molecule has 0 amide bonds. The minimum absolute atomic E-state index is 0.145. The highest BCUT2D eigenvalue weighted by Gasteiger charge is 2.17. The molecule has 0 atom stereocenters. The predicted octanol–water partition coefficient (Wildman–Crippen LogP) is 2.46. The third kappa shape index (κ3) is 2.23. The molecule has 1 aromatic carbocycles. The average molecular weight is 269 g/mol. The number of ether oxygens (including phenoxy) is 1. The normalized spacial score (nSPS) is 10.7. The van der Waals surface area contributed by atoms with Crippen LogP contribution >= 0.6 is 0 Å². The van der Waals surface area contributed by atoms with Crippen molar-refractivity contribution in [3.63, 3.8) is 0 Å². The summed E-state index contributed by atoms with van der Waals surface area (Å²) >= 11 is 0. The first-order chi connectivity index (χ1) is 9.78. The maximum Gasteiger partial charge on any atom is 0.397 e. The second kappa shape index (κ2) is 5.08. The molecule has 20 heavy (non-hydrogen) atoms. The fourth-order valence-electron chi connectivity index (χ4n) is 1.83. The highest BCUT2D eigenvalue weighted by Crippen LogP contribution is 2.21. The van der Waals surface area contributed by atoms with E-state index in [-0.39, 0.29) is 12.5 Å². The molecule has 0 unspecified atom stereocenters. The van der Waals surface area contributed by atoms with Crippen LogP contribution in [0.2, 0.25) is 0 Å². The van der Waals surface area contributed by atoms with Gasteiger partial charge in [-0.3, -0.25) is 4.98 Å². The van der Waals surface area contributed by atoms with E-state index in [1.54, 1.807) is 13.1 Å². The van der Waals surface area contributed by atoms with Crippen LogP contribution in [0.5, 0.6) is 0 Å². The molecule has 0 spiro atoms. The summed E-state index contributed by atoms with van der Waals surface area (Å²) in [6.07, 6.45) is 1.73. The van der Waals surface area contributed by atoms with Gasteiger partial charge in [-0.05, 0) is 31.2 Å². The number of nitrogens with zero attached hydrogens (tertiary/aromatic N) is 3. The second-order valence-corrected chi connectivity index (χ2v) is 4.05. The van der Waals surface area contributed by atoms with Gasteiger partial charge in [0.1, 0.15) is 0 Å². The SMILES string of the molecule is CCOC(=O)c1nc(-c2ccc3ncccc3c2)no1. The summed E-state index contributed by atoms with van der Waals surface area (Å²) in [5.41, 5.74) is 1.63. The molecule has 0 saturated heterocycles. The Morgan fingerprint density at radius 2 is 2.25 bits per heavy atom. The Morgan fingerprint density at radius 1 is 1.35 bits per heavy atom. The van der Waals surface area contributed by atoms with Gasteiger partial charge in [0.2, 0.25) is 5.82 Å². The number of hydrogen-bond donors (Lipinski definition) is 0.